The minimum Gasteiger partial charge on any atom is -0.508 e. The first kappa shape index (κ1) is 15.1. The van der Waals surface area contributed by atoms with E-state index in [1.165, 1.54) is 24.3 Å². The molecule has 0 fully saturated rings. The van der Waals surface area contributed by atoms with Crippen LogP contribution in [0.4, 0.5) is 11.4 Å². The zero-order valence-corrected chi connectivity index (χ0v) is 11.5. The van der Waals surface area contributed by atoms with E-state index in [-0.39, 0.29) is 11.5 Å². The van der Waals surface area contributed by atoms with Crippen molar-refractivity contribution in [3.8, 4) is 11.5 Å². The Morgan fingerprint density at radius 3 is 1.55 bits per heavy atom. The lowest BCUT2D eigenvalue weighted by atomic mass is 10.3. The summed E-state index contributed by atoms with van der Waals surface area (Å²) in [6, 6.07) is 12.1. The quantitative estimate of drug-likeness (QED) is 0.650. The van der Waals surface area contributed by atoms with Crippen LogP contribution in [0, 0.1) is 0 Å². The number of amides is 2. The van der Waals surface area contributed by atoms with Crippen LogP contribution in [-0.2, 0) is 9.59 Å². The molecule has 0 atom stereocenters. The van der Waals surface area contributed by atoms with E-state index in [0.29, 0.717) is 11.4 Å². The molecule has 0 aliphatic carbocycles. The largest absolute Gasteiger partial charge is 0.508 e. The third-order valence-electron chi connectivity index (χ3n) is 2.61. The van der Waals surface area contributed by atoms with Gasteiger partial charge in [0.05, 0.1) is 0 Å². The zero-order chi connectivity index (χ0) is 15.9. The van der Waals surface area contributed by atoms with Crippen LogP contribution < -0.4 is 10.6 Å². The summed E-state index contributed by atoms with van der Waals surface area (Å²) < 4.78 is 0. The van der Waals surface area contributed by atoms with E-state index in [2.05, 4.69) is 10.6 Å². The number of phenolic OH excluding ortho intramolecular Hbond substituents is 2. The van der Waals surface area contributed by atoms with Crippen molar-refractivity contribution in [2.45, 2.75) is 0 Å². The molecule has 22 heavy (non-hydrogen) atoms. The third-order valence-corrected chi connectivity index (χ3v) is 2.61. The normalized spacial score (nSPS) is 10.4. The number of rotatable bonds is 4. The number of carbonyl (C=O) groups excluding carboxylic acids is 2. The molecule has 0 spiro atoms. The minimum absolute atomic E-state index is 0.0309. The number of benzene rings is 2. The van der Waals surface area contributed by atoms with Crippen molar-refractivity contribution in [2.24, 2.45) is 0 Å². The first-order chi connectivity index (χ1) is 10.5. The maximum atomic E-state index is 11.6. The number of carbonyl (C=O) groups is 2. The first-order valence-electron chi connectivity index (χ1n) is 6.41. The Balaban J connectivity index is 1.90. The van der Waals surface area contributed by atoms with Crippen molar-refractivity contribution in [1.82, 2.24) is 0 Å². The summed E-state index contributed by atoms with van der Waals surface area (Å²) in [6.07, 6.45) is 2.14. The summed E-state index contributed by atoms with van der Waals surface area (Å²) in [7, 11) is 0. The molecular weight excluding hydrogens is 284 g/mol. The summed E-state index contributed by atoms with van der Waals surface area (Å²) in [6.45, 7) is 0. The molecule has 0 bridgehead atoms. The number of hydrogen-bond acceptors (Lipinski definition) is 4. The second-order valence-corrected chi connectivity index (χ2v) is 4.41. The predicted molar refractivity (Wildman–Crippen MR) is 82.6 cm³/mol. The van der Waals surface area contributed by atoms with Gasteiger partial charge in [-0.1, -0.05) is 12.1 Å². The molecule has 4 N–H and O–H groups in total. The Kier molecular flexibility index (Phi) is 4.77. The Bertz CT molecular complexity index is 664. The Morgan fingerprint density at radius 2 is 1.18 bits per heavy atom. The third kappa shape index (κ3) is 4.68. The minimum atomic E-state index is -0.503. The maximum absolute atomic E-state index is 11.6. The molecule has 112 valence electrons. The molecule has 0 unspecified atom stereocenters. The van der Waals surface area contributed by atoms with Gasteiger partial charge >= 0.3 is 0 Å². The number of anilines is 2. The maximum Gasteiger partial charge on any atom is 0.248 e. The molecular formula is C16H14N2O4. The van der Waals surface area contributed by atoms with Crippen LogP contribution in [0.3, 0.4) is 0 Å². The fourth-order valence-corrected chi connectivity index (χ4v) is 1.69. The highest BCUT2D eigenvalue weighted by Crippen LogP contribution is 2.16. The molecule has 2 aromatic rings. The van der Waals surface area contributed by atoms with Gasteiger partial charge in [-0.2, -0.15) is 0 Å². The topological polar surface area (TPSA) is 98.7 Å². The Morgan fingerprint density at radius 1 is 0.773 bits per heavy atom. The van der Waals surface area contributed by atoms with E-state index in [1.54, 1.807) is 24.3 Å². The van der Waals surface area contributed by atoms with Crippen molar-refractivity contribution < 1.29 is 19.8 Å². The van der Waals surface area contributed by atoms with Crippen molar-refractivity contribution in [2.75, 3.05) is 10.6 Å². The van der Waals surface area contributed by atoms with Crippen molar-refractivity contribution >= 4 is 23.2 Å². The van der Waals surface area contributed by atoms with Crippen LogP contribution in [0.25, 0.3) is 0 Å². The van der Waals surface area contributed by atoms with Crippen LogP contribution in [0.15, 0.2) is 60.7 Å². The second-order valence-electron chi connectivity index (χ2n) is 4.41. The SMILES string of the molecule is O=C(/C=C\C(=O)Nc1cccc(O)c1)Nc1cccc(O)c1. The van der Waals surface area contributed by atoms with Gasteiger partial charge in [-0.25, -0.2) is 0 Å². The fraction of sp³-hybridized carbons (Fsp3) is 0. The van der Waals surface area contributed by atoms with E-state index in [1.807, 2.05) is 0 Å². The van der Waals surface area contributed by atoms with Gasteiger partial charge in [-0.05, 0) is 24.3 Å². The molecule has 0 saturated heterocycles. The summed E-state index contributed by atoms with van der Waals surface area (Å²) >= 11 is 0. The standard InChI is InChI=1S/C16H14N2O4/c19-13-5-1-3-11(9-13)17-15(21)7-8-16(22)18-12-4-2-6-14(20)10-12/h1-10,19-20H,(H,17,21)(H,18,22)/b8-7-. The molecule has 2 rings (SSSR count). The molecule has 0 aromatic heterocycles. The van der Waals surface area contributed by atoms with Gasteiger partial charge < -0.3 is 20.8 Å². The molecule has 6 nitrogen and oxygen atoms in total. The van der Waals surface area contributed by atoms with E-state index in [9.17, 15) is 19.8 Å². The van der Waals surface area contributed by atoms with Crippen LogP contribution >= 0.6 is 0 Å². The van der Waals surface area contributed by atoms with Gasteiger partial charge in [0.1, 0.15) is 11.5 Å². The lowest BCUT2D eigenvalue weighted by Crippen LogP contribution is -2.11. The van der Waals surface area contributed by atoms with E-state index in [4.69, 9.17) is 0 Å². The molecule has 0 aliphatic heterocycles. The fourth-order valence-electron chi connectivity index (χ4n) is 1.69. The van der Waals surface area contributed by atoms with Gasteiger partial charge in [0.25, 0.3) is 0 Å². The molecule has 0 radical (unpaired) electrons. The second kappa shape index (κ2) is 6.94. The number of aromatic hydroxyl groups is 2. The summed E-state index contributed by atoms with van der Waals surface area (Å²) in [5.41, 5.74) is 0.839. The number of hydrogen-bond donors (Lipinski definition) is 4. The monoisotopic (exact) mass is 298 g/mol. The van der Waals surface area contributed by atoms with Crippen LogP contribution in [0.5, 0.6) is 11.5 Å². The lowest BCUT2D eigenvalue weighted by Gasteiger charge is -2.03. The van der Waals surface area contributed by atoms with E-state index < -0.39 is 11.8 Å². The molecule has 6 heteroatoms. The number of phenols is 2. The van der Waals surface area contributed by atoms with Crippen molar-refractivity contribution in [3.05, 3.63) is 60.7 Å². The van der Waals surface area contributed by atoms with Crippen LogP contribution in [-0.4, -0.2) is 22.0 Å². The summed E-state index contributed by atoms with van der Waals surface area (Å²) in [5.74, 6) is -0.944. The average Bonchev–Trinajstić information content (AvgIpc) is 2.45. The number of nitrogens with one attached hydrogen (secondary N) is 2. The Labute approximate surface area is 126 Å². The summed E-state index contributed by atoms with van der Waals surface area (Å²) in [5, 5.41) is 23.6. The molecule has 0 saturated carbocycles. The smallest absolute Gasteiger partial charge is 0.248 e. The molecule has 0 aliphatic rings. The van der Waals surface area contributed by atoms with Gasteiger partial charge in [-0.3, -0.25) is 9.59 Å². The molecule has 2 amide bonds. The lowest BCUT2D eigenvalue weighted by molar-refractivity contribution is -0.114. The predicted octanol–water partition coefficient (Wildman–Crippen LogP) is 2.23. The average molecular weight is 298 g/mol. The highest BCUT2D eigenvalue weighted by atomic mass is 16.3. The molecule has 0 heterocycles. The van der Waals surface area contributed by atoms with Gasteiger partial charge in [-0.15, -0.1) is 0 Å². The summed E-state index contributed by atoms with van der Waals surface area (Å²) in [4.78, 5) is 23.3. The van der Waals surface area contributed by atoms with Crippen LogP contribution in [0.1, 0.15) is 0 Å². The van der Waals surface area contributed by atoms with Crippen LogP contribution in [0.2, 0.25) is 0 Å². The van der Waals surface area contributed by atoms with Crippen molar-refractivity contribution in [1.29, 1.82) is 0 Å². The first-order valence-corrected chi connectivity index (χ1v) is 6.41. The van der Waals surface area contributed by atoms with E-state index >= 15 is 0 Å². The Hall–Kier alpha value is -3.28. The zero-order valence-electron chi connectivity index (χ0n) is 11.5. The molecule has 2 aromatic carbocycles. The van der Waals surface area contributed by atoms with Gasteiger partial charge in [0.15, 0.2) is 0 Å². The van der Waals surface area contributed by atoms with Gasteiger partial charge in [0, 0.05) is 35.7 Å². The highest BCUT2D eigenvalue weighted by molar-refractivity contribution is 6.06. The van der Waals surface area contributed by atoms with Gasteiger partial charge in [0.2, 0.25) is 11.8 Å². The van der Waals surface area contributed by atoms with E-state index in [0.717, 1.165) is 12.2 Å². The van der Waals surface area contributed by atoms with Crippen molar-refractivity contribution in [3.63, 3.8) is 0 Å². The highest BCUT2D eigenvalue weighted by Gasteiger charge is 2.02.